The summed E-state index contributed by atoms with van der Waals surface area (Å²) >= 11 is 0. The first kappa shape index (κ1) is 26.8. The van der Waals surface area contributed by atoms with E-state index in [1.807, 2.05) is 48.5 Å². The van der Waals surface area contributed by atoms with Crippen LogP contribution in [-0.4, -0.2) is 18.2 Å². The Morgan fingerprint density at radius 3 is 2.27 bits per heavy atom. The molecule has 2 aliphatic heterocycles. The Kier molecular flexibility index (Phi) is 5.90. The Morgan fingerprint density at radius 2 is 1.38 bits per heavy atom. The van der Waals surface area contributed by atoms with Gasteiger partial charge in [-0.05, 0) is 46.2 Å². The summed E-state index contributed by atoms with van der Waals surface area (Å²) in [5.74, 6) is 2.22. The zero-order valence-corrected chi connectivity index (χ0v) is 25.8. The van der Waals surface area contributed by atoms with Crippen LogP contribution in [0.15, 0.2) is 158 Å². The molecule has 2 aliphatic rings. The molecule has 6 aromatic carbocycles. The molecule has 1 unspecified atom stereocenters. The minimum atomic E-state index is -0.399. The van der Waals surface area contributed by atoms with Crippen LogP contribution >= 0.6 is 0 Å². The third kappa shape index (κ3) is 4.19. The second-order valence-corrected chi connectivity index (χ2v) is 12.2. The molecule has 2 N–H and O–H groups in total. The maximum atomic E-state index is 6.43. The lowest BCUT2D eigenvalue weighted by Crippen LogP contribution is -2.34. The average molecular weight is 621 g/mol. The van der Waals surface area contributed by atoms with Gasteiger partial charge in [-0.1, -0.05) is 115 Å². The molecule has 228 valence electrons. The van der Waals surface area contributed by atoms with Crippen molar-refractivity contribution in [2.45, 2.75) is 6.17 Å². The number of nitrogens with zero attached hydrogens (tertiary/aromatic N) is 2. The summed E-state index contributed by atoms with van der Waals surface area (Å²) in [4.78, 5) is 10.4. The number of para-hydroxylation sites is 1. The van der Waals surface area contributed by atoms with Gasteiger partial charge in [0.05, 0.1) is 5.56 Å². The van der Waals surface area contributed by atoms with Gasteiger partial charge < -0.3 is 19.5 Å². The van der Waals surface area contributed by atoms with Crippen LogP contribution in [-0.2, 0) is 0 Å². The van der Waals surface area contributed by atoms with Crippen molar-refractivity contribution in [3.05, 3.63) is 167 Å². The van der Waals surface area contributed by atoms with Crippen LogP contribution in [0.1, 0.15) is 34.0 Å². The van der Waals surface area contributed by atoms with Gasteiger partial charge in [0.15, 0.2) is 5.84 Å². The number of fused-ring (bicyclic) bond motifs is 7. The Balaban J connectivity index is 1.15. The first-order valence-corrected chi connectivity index (χ1v) is 16.2. The molecule has 0 saturated carbocycles. The zero-order valence-electron chi connectivity index (χ0n) is 25.8. The first-order valence-electron chi connectivity index (χ1n) is 16.2. The van der Waals surface area contributed by atoms with E-state index in [0.29, 0.717) is 12.4 Å². The van der Waals surface area contributed by atoms with Crippen molar-refractivity contribution in [1.29, 1.82) is 0 Å². The zero-order chi connectivity index (χ0) is 31.6. The van der Waals surface area contributed by atoms with Crippen molar-refractivity contribution in [2.75, 3.05) is 11.9 Å². The van der Waals surface area contributed by atoms with E-state index in [4.69, 9.17) is 18.8 Å². The van der Waals surface area contributed by atoms with E-state index in [9.17, 15) is 0 Å². The van der Waals surface area contributed by atoms with Crippen molar-refractivity contribution < 1.29 is 8.83 Å². The highest BCUT2D eigenvalue weighted by atomic mass is 16.4. The Labute approximate surface area is 275 Å². The highest BCUT2D eigenvalue weighted by Crippen LogP contribution is 2.43. The third-order valence-corrected chi connectivity index (χ3v) is 9.37. The molecule has 0 bridgehead atoms. The number of nitrogens with one attached hydrogen (secondary N) is 2. The lowest BCUT2D eigenvalue weighted by Gasteiger charge is -2.26. The molecule has 0 radical (unpaired) electrons. The standard InChI is InChI=1S/C42H28N4O2/c1-2-11-25(12-3-1)39-44-40(46-41(45-39)32-18-10-20-35-37(32)31-17-8-9-19-34(31)47-35)30-16-7-6-15-28(30)29-21-22-43-42-38(29)33-23-26-13-4-5-14-27(26)24-36(33)48-42/h1-21,23-24,41,43H,22H2,(H,44,45,46). The number of aliphatic imine (C=N–C) groups is 2. The summed E-state index contributed by atoms with van der Waals surface area (Å²) in [6.07, 6.45) is 1.85. The maximum Gasteiger partial charge on any atom is 0.202 e. The average Bonchev–Trinajstić information content (AvgIpc) is 3.72. The number of hydrogen-bond acceptors (Lipinski definition) is 6. The van der Waals surface area contributed by atoms with Crippen LogP contribution in [0.5, 0.6) is 0 Å². The molecule has 1 atom stereocenters. The molecular formula is C42H28N4O2. The molecule has 0 aliphatic carbocycles. The maximum absolute atomic E-state index is 6.43. The van der Waals surface area contributed by atoms with E-state index in [0.717, 1.165) is 83.4 Å². The summed E-state index contributed by atoms with van der Waals surface area (Å²) < 4.78 is 12.7. The van der Waals surface area contributed by atoms with E-state index in [2.05, 4.69) is 102 Å². The number of furan rings is 2. The van der Waals surface area contributed by atoms with Gasteiger partial charge in [-0.2, -0.15) is 0 Å². The quantitative estimate of drug-likeness (QED) is 0.205. The number of amidine groups is 2. The van der Waals surface area contributed by atoms with Gasteiger partial charge >= 0.3 is 0 Å². The predicted molar refractivity (Wildman–Crippen MR) is 195 cm³/mol. The van der Waals surface area contributed by atoms with Crippen molar-refractivity contribution >= 4 is 66.8 Å². The fourth-order valence-corrected chi connectivity index (χ4v) is 7.18. The van der Waals surface area contributed by atoms with Crippen molar-refractivity contribution in [1.82, 2.24) is 5.32 Å². The monoisotopic (exact) mass is 620 g/mol. The molecule has 0 amide bonds. The molecule has 0 fully saturated rings. The number of rotatable bonds is 4. The molecule has 6 nitrogen and oxygen atoms in total. The Morgan fingerprint density at radius 1 is 0.625 bits per heavy atom. The third-order valence-electron chi connectivity index (χ3n) is 9.37. The molecule has 8 aromatic rings. The fraction of sp³-hybridized carbons (Fsp3) is 0.0476. The second-order valence-electron chi connectivity index (χ2n) is 12.2. The van der Waals surface area contributed by atoms with Gasteiger partial charge in [0, 0.05) is 39.4 Å². The second kappa shape index (κ2) is 10.6. The van der Waals surface area contributed by atoms with Crippen LogP contribution in [0.2, 0.25) is 0 Å². The highest BCUT2D eigenvalue weighted by molar-refractivity contribution is 6.17. The Bertz CT molecular complexity index is 2660. The van der Waals surface area contributed by atoms with Gasteiger partial charge in [-0.15, -0.1) is 0 Å². The summed E-state index contributed by atoms with van der Waals surface area (Å²) in [5, 5.41) is 12.8. The Hall–Kier alpha value is -6.40. The van der Waals surface area contributed by atoms with E-state index in [1.54, 1.807) is 0 Å². The smallest absolute Gasteiger partial charge is 0.202 e. The summed E-state index contributed by atoms with van der Waals surface area (Å²) in [5.41, 5.74) is 8.79. The largest absolute Gasteiger partial charge is 0.456 e. The topological polar surface area (TPSA) is 75.1 Å². The van der Waals surface area contributed by atoms with E-state index in [-0.39, 0.29) is 0 Å². The van der Waals surface area contributed by atoms with Crippen LogP contribution in [0.25, 0.3) is 49.3 Å². The SMILES string of the molecule is C1=C(c2ccccc2C2=NC(c3ccccc3)=NC(c3cccc4oc5ccccc5c34)N2)c2c(oc3cc4ccccc4cc23)NC1. The van der Waals surface area contributed by atoms with Gasteiger partial charge in [0.25, 0.3) is 0 Å². The summed E-state index contributed by atoms with van der Waals surface area (Å²) in [6.45, 7) is 0.658. The van der Waals surface area contributed by atoms with Gasteiger partial charge in [-0.25, -0.2) is 9.98 Å². The molecule has 48 heavy (non-hydrogen) atoms. The molecular weight excluding hydrogens is 592 g/mol. The minimum absolute atomic E-state index is 0.399. The molecule has 2 aromatic heterocycles. The van der Waals surface area contributed by atoms with Crippen LogP contribution in [0.3, 0.4) is 0 Å². The fourth-order valence-electron chi connectivity index (χ4n) is 7.18. The molecule has 6 heteroatoms. The first-order chi connectivity index (χ1) is 23.8. The van der Waals surface area contributed by atoms with Crippen LogP contribution in [0.4, 0.5) is 5.88 Å². The number of benzene rings is 6. The summed E-state index contributed by atoms with van der Waals surface area (Å²) in [7, 11) is 0. The van der Waals surface area contributed by atoms with Crippen molar-refractivity contribution in [3.8, 4) is 0 Å². The summed E-state index contributed by atoms with van der Waals surface area (Å²) in [6, 6.07) is 45.8. The predicted octanol–water partition coefficient (Wildman–Crippen LogP) is 9.84. The highest BCUT2D eigenvalue weighted by Gasteiger charge is 2.28. The lowest BCUT2D eigenvalue weighted by molar-refractivity contribution is 0.628. The van der Waals surface area contributed by atoms with Gasteiger partial charge in [-0.3, -0.25) is 0 Å². The lowest BCUT2D eigenvalue weighted by atomic mass is 9.90. The minimum Gasteiger partial charge on any atom is -0.456 e. The number of anilines is 1. The molecule has 10 rings (SSSR count). The molecule has 4 heterocycles. The van der Waals surface area contributed by atoms with Crippen LogP contribution < -0.4 is 10.6 Å². The van der Waals surface area contributed by atoms with Crippen molar-refractivity contribution in [3.63, 3.8) is 0 Å². The number of hydrogen-bond donors (Lipinski definition) is 2. The molecule has 0 spiro atoms. The van der Waals surface area contributed by atoms with E-state index >= 15 is 0 Å². The van der Waals surface area contributed by atoms with Crippen LogP contribution in [0, 0.1) is 0 Å². The van der Waals surface area contributed by atoms with E-state index in [1.165, 1.54) is 5.39 Å². The van der Waals surface area contributed by atoms with Gasteiger partial charge in [0.2, 0.25) is 5.88 Å². The molecule has 0 saturated heterocycles. The van der Waals surface area contributed by atoms with E-state index < -0.39 is 6.17 Å². The van der Waals surface area contributed by atoms with Crippen molar-refractivity contribution in [2.24, 2.45) is 9.98 Å². The van der Waals surface area contributed by atoms with Gasteiger partial charge in [0.1, 0.15) is 28.8 Å². The normalized spacial score (nSPS) is 15.9.